The smallest absolute Gasteiger partial charge is 0.330 e. The molecule has 138 valence electrons. The largest absolute Gasteiger partial charge is 0.475 e. The molecule has 0 N–H and O–H groups in total. The predicted octanol–water partition coefficient (Wildman–Crippen LogP) is 5.14. The van der Waals surface area contributed by atoms with Gasteiger partial charge in [0.05, 0.1) is 12.7 Å². The Morgan fingerprint density at radius 1 is 1.19 bits per heavy atom. The quantitative estimate of drug-likeness (QED) is 0.365. The van der Waals surface area contributed by atoms with Crippen molar-refractivity contribution in [1.29, 1.82) is 0 Å². The second kappa shape index (κ2) is 10.0. The van der Waals surface area contributed by atoms with Gasteiger partial charge in [0, 0.05) is 28.0 Å². The molecule has 0 aliphatic heterocycles. The molecule has 0 radical (unpaired) electrons. The SMILES string of the molecule is CCOC(=O)C=CC(C)Sc1ccc(-c2cccnc2OC(C)C)cc1. The van der Waals surface area contributed by atoms with Crippen molar-refractivity contribution in [2.24, 2.45) is 0 Å². The molecule has 2 rings (SSSR count). The van der Waals surface area contributed by atoms with Gasteiger partial charge in [-0.3, -0.25) is 0 Å². The summed E-state index contributed by atoms with van der Waals surface area (Å²) in [5.74, 6) is 0.346. The molecule has 0 aliphatic rings. The van der Waals surface area contributed by atoms with E-state index >= 15 is 0 Å². The lowest BCUT2D eigenvalue weighted by atomic mass is 10.1. The minimum atomic E-state index is -0.301. The van der Waals surface area contributed by atoms with Crippen LogP contribution in [0.2, 0.25) is 0 Å². The van der Waals surface area contributed by atoms with Gasteiger partial charge in [-0.2, -0.15) is 0 Å². The van der Waals surface area contributed by atoms with E-state index in [1.54, 1.807) is 24.9 Å². The standard InChI is InChI=1S/C21H25NO3S/c1-5-24-20(23)13-8-16(4)26-18-11-9-17(10-12-18)19-7-6-14-22-21(19)25-15(2)3/h6-16H,5H2,1-4H3. The van der Waals surface area contributed by atoms with E-state index in [1.165, 1.54) is 6.08 Å². The van der Waals surface area contributed by atoms with Gasteiger partial charge < -0.3 is 9.47 Å². The number of thioether (sulfide) groups is 1. The molecule has 1 unspecified atom stereocenters. The Kier molecular flexibility index (Phi) is 7.73. The van der Waals surface area contributed by atoms with Crippen molar-refractivity contribution in [3.63, 3.8) is 0 Å². The number of carbonyl (C=O) groups is 1. The molecule has 1 aromatic carbocycles. The number of rotatable bonds is 8. The third-order valence-corrected chi connectivity index (χ3v) is 4.47. The van der Waals surface area contributed by atoms with Gasteiger partial charge in [0.25, 0.3) is 0 Å². The molecule has 5 heteroatoms. The summed E-state index contributed by atoms with van der Waals surface area (Å²) in [6.45, 7) is 8.21. The Hall–Kier alpha value is -2.27. The van der Waals surface area contributed by atoms with Crippen molar-refractivity contribution in [3.05, 3.63) is 54.7 Å². The summed E-state index contributed by atoms with van der Waals surface area (Å²) in [4.78, 5) is 16.8. The summed E-state index contributed by atoms with van der Waals surface area (Å²) in [6.07, 6.45) is 5.15. The van der Waals surface area contributed by atoms with E-state index in [1.807, 2.05) is 39.0 Å². The lowest BCUT2D eigenvalue weighted by Gasteiger charge is -2.13. The maximum absolute atomic E-state index is 11.4. The van der Waals surface area contributed by atoms with E-state index in [0.29, 0.717) is 12.5 Å². The minimum Gasteiger partial charge on any atom is -0.475 e. The molecule has 1 heterocycles. The summed E-state index contributed by atoms with van der Waals surface area (Å²) in [7, 11) is 0. The molecule has 0 aliphatic carbocycles. The van der Waals surface area contributed by atoms with Crippen LogP contribution < -0.4 is 4.74 Å². The van der Waals surface area contributed by atoms with Gasteiger partial charge in [-0.05, 0) is 57.5 Å². The van der Waals surface area contributed by atoms with Crippen LogP contribution in [0.3, 0.4) is 0 Å². The van der Waals surface area contributed by atoms with Gasteiger partial charge in [0.15, 0.2) is 0 Å². The molecule has 1 aromatic heterocycles. The predicted molar refractivity (Wildman–Crippen MR) is 107 cm³/mol. The van der Waals surface area contributed by atoms with Gasteiger partial charge in [-0.15, -0.1) is 11.8 Å². The Morgan fingerprint density at radius 3 is 2.58 bits per heavy atom. The van der Waals surface area contributed by atoms with Crippen LogP contribution >= 0.6 is 11.8 Å². The summed E-state index contributed by atoms with van der Waals surface area (Å²) in [5.41, 5.74) is 2.04. The summed E-state index contributed by atoms with van der Waals surface area (Å²) < 4.78 is 10.7. The number of ether oxygens (including phenoxy) is 2. The van der Waals surface area contributed by atoms with Crippen LogP contribution in [0.1, 0.15) is 27.7 Å². The van der Waals surface area contributed by atoms with Crippen molar-refractivity contribution >= 4 is 17.7 Å². The van der Waals surface area contributed by atoms with E-state index in [4.69, 9.17) is 9.47 Å². The number of benzene rings is 1. The highest BCUT2D eigenvalue weighted by Gasteiger charge is 2.09. The highest BCUT2D eigenvalue weighted by Crippen LogP contribution is 2.31. The number of hydrogen-bond acceptors (Lipinski definition) is 5. The lowest BCUT2D eigenvalue weighted by molar-refractivity contribution is -0.137. The Morgan fingerprint density at radius 2 is 1.92 bits per heavy atom. The fraction of sp³-hybridized carbons (Fsp3) is 0.333. The van der Waals surface area contributed by atoms with Crippen LogP contribution in [0.25, 0.3) is 11.1 Å². The summed E-state index contributed by atoms with van der Waals surface area (Å²) >= 11 is 1.68. The summed E-state index contributed by atoms with van der Waals surface area (Å²) in [6, 6.07) is 12.2. The van der Waals surface area contributed by atoms with E-state index in [9.17, 15) is 4.79 Å². The first-order chi connectivity index (χ1) is 12.5. The molecular weight excluding hydrogens is 346 g/mol. The second-order valence-electron chi connectivity index (χ2n) is 5.98. The molecular formula is C21H25NO3S. The number of nitrogens with zero attached hydrogens (tertiary/aromatic N) is 1. The second-order valence-corrected chi connectivity index (χ2v) is 7.43. The molecule has 0 saturated heterocycles. The molecule has 1 atom stereocenters. The third kappa shape index (κ3) is 6.23. The topological polar surface area (TPSA) is 48.4 Å². The monoisotopic (exact) mass is 371 g/mol. The lowest BCUT2D eigenvalue weighted by Crippen LogP contribution is -2.07. The van der Waals surface area contributed by atoms with Crippen LogP contribution in [-0.4, -0.2) is 28.9 Å². The maximum atomic E-state index is 11.4. The number of hydrogen-bond donors (Lipinski definition) is 0. The van der Waals surface area contributed by atoms with E-state index in [0.717, 1.165) is 16.0 Å². The van der Waals surface area contributed by atoms with Crippen LogP contribution in [0.15, 0.2) is 59.6 Å². The van der Waals surface area contributed by atoms with Crippen LogP contribution in [0, 0.1) is 0 Å². The van der Waals surface area contributed by atoms with Crippen molar-refractivity contribution < 1.29 is 14.3 Å². The Balaban J connectivity index is 2.06. The van der Waals surface area contributed by atoms with Gasteiger partial charge in [0.2, 0.25) is 5.88 Å². The average molecular weight is 372 g/mol. The molecule has 0 spiro atoms. The zero-order valence-corrected chi connectivity index (χ0v) is 16.5. The average Bonchev–Trinajstić information content (AvgIpc) is 2.61. The minimum absolute atomic E-state index is 0.0745. The first kappa shape index (κ1) is 20.0. The fourth-order valence-electron chi connectivity index (χ4n) is 2.30. The van der Waals surface area contributed by atoms with Gasteiger partial charge >= 0.3 is 5.97 Å². The first-order valence-corrected chi connectivity index (χ1v) is 9.61. The molecule has 2 aromatic rings. The third-order valence-electron chi connectivity index (χ3n) is 3.40. The first-order valence-electron chi connectivity index (χ1n) is 8.73. The highest BCUT2D eigenvalue weighted by molar-refractivity contribution is 8.00. The molecule has 26 heavy (non-hydrogen) atoms. The van der Waals surface area contributed by atoms with Crippen LogP contribution in [0.5, 0.6) is 5.88 Å². The Bertz CT molecular complexity index is 741. The zero-order valence-electron chi connectivity index (χ0n) is 15.6. The molecule has 4 nitrogen and oxygen atoms in total. The van der Waals surface area contributed by atoms with Crippen molar-refractivity contribution in [3.8, 4) is 17.0 Å². The highest BCUT2D eigenvalue weighted by atomic mass is 32.2. The molecule has 0 fully saturated rings. The van der Waals surface area contributed by atoms with E-state index in [2.05, 4.69) is 29.2 Å². The number of carbonyl (C=O) groups excluding carboxylic acids is 1. The fourth-order valence-corrected chi connectivity index (χ4v) is 3.18. The van der Waals surface area contributed by atoms with Crippen molar-refractivity contribution in [1.82, 2.24) is 4.98 Å². The van der Waals surface area contributed by atoms with Crippen LogP contribution in [0.4, 0.5) is 0 Å². The summed E-state index contributed by atoms with van der Waals surface area (Å²) in [5, 5.41) is 0.170. The zero-order chi connectivity index (χ0) is 18.9. The normalized spacial score (nSPS) is 12.3. The van der Waals surface area contributed by atoms with Crippen LogP contribution in [-0.2, 0) is 9.53 Å². The number of pyridine rings is 1. The van der Waals surface area contributed by atoms with E-state index in [-0.39, 0.29) is 17.3 Å². The van der Waals surface area contributed by atoms with Gasteiger partial charge in [-0.1, -0.05) is 18.2 Å². The number of esters is 1. The molecule has 0 saturated carbocycles. The number of aromatic nitrogens is 1. The Labute approximate surface area is 159 Å². The maximum Gasteiger partial charge on any atom is 0.330 e. The van der Waals surface area contributed by atoms with Crippen molar-refractivity contribution in [2.75, 3.05) is 6.61 Å². The van der Waals surface area contributed by atoms with Gasteiger partial charge in [0.1, 0.15) is 0 Å². The van der Waals surface area contributed by atoms with Gasteiger partial charge in [-0.25, -0.2) is 9.78 Å². The van der Waals surface area contributed by atoms with E-state index < -0.39 is 0 Å². The molecule has 0 amide bonds. The molecule has 0 bridgehead atoms. The van der Waals surface area contributed by atoms with Crippen molar-refractivity contribution in [2.45, 2.75) is 43.9 Å².